The molecule has 2 rings (SSSR count). The van der Waals surface area contributed by atoms with E-state index in [1.54, 1.807) is 6.07 Å². The van der Waals surface area contributed by atoms with Crippen molar-refractivity contribution in [2.45, 2.75) is 13.0 Å². The fourth-order valence-electron chi connectivity index (χ4n) is 1.47. The van der Waals surface area contributed by atoms with Crippen molar-refractivity contribution >= 4 is 0 Å². The molecule has 0 saturated carbocycles. The molecule has 0 spiro atoms. The summed E-state index contributed by atoms with van der Waals surface area (Å²) < 4.78 is 26.1. The summed E-state index contributed by atoms with van der Waals surface area (Å²) in [6, 6.07) is 4.15. The van der Waals surface area contributed by atoms with Crippen LogP contribution in [0.4, 0.5) is 8.78 Å². The molecular weight excluding hydrogens is 226 g/mol. The third-order valence-electron chi connectivity index (χ3n) is 2.35. The molecule has 0 bridgehead atoms. The van der Waals surface area contributed by atoms with Gasteiger partial charge in [0.15, 0.2) is 11.6 Å². The third-order valence-corrected chi connectivity index (χ3v) is 2.35. The van der Waals surface area contributed by atoms with Gasteiger partial charge in [0, 0.05) is 25.1 Å². The zero-order valence-corrected chi connectivity index (χ0v) is 9.08. The lowest BCUT2D eigenvalue weighted by molar-refractivity contribution is 0.493. The van der Waals surface area contributed by atoms with Crippen molar-refractivity contribution in [2.75, 3.05) is 6.54 Å². The van der Waals surface area contributed by atoms with Crippen LogP contribution in [0, 0.1) is 11.6 Å². The van der Waals surface area contributed by atoms with Gasteiger partial charge in [-0.05, 0) is 6.07 Å². The first-order valence-electron chi connectivity index (χ1n) is 5.25. The molecule has 0 amide bonds. The van der Waals surface area contributed by atoms with Crippen LogP contribution in [-0.2, 0) is 13.0 Å². The monoisotopic (exact) mass is 238 g/mol. The molecule has 90 valence electrons. The van der Waals surface area contributed by atoms with Crippen LogP contribution in [0.2, 0.25) is 0 Å². The zero-order chi connectivity index (χ0) is 12.1. The van der Waals surface area contributed by atoms with Crippen LogP contribution in [0.15, 0.2) is 24.5 Å². The number of benzene rings is 1. The van der Waals surface area contributed by atoms with Crippen molar-refractivity contribution in [2.24, 2.45) is 0 Å². The standard InChI is InChI=1S/C11H12F2N4/c12-9-3-1-2-8(11(9)13)6-14-5-4-10-15-7-16-17-10/h1-3,7,14H,4-6H2,(H,15,16,17). The van der Waals surface area contributed by atoms with E-state index in [1.165, 1.54) is 12.4 Å². The number of aromatic nitrogens is 3. The van der Waals surface area contributed by atoms with E-state index >= 15 is 0 Å². The van der Waals surface area contributed by atoms with E-state index in [0.29, 0.717) is 18.5 Å². The highest BCUT2D eigenvalue weighted by molar-refractivity contribution is 5.18. The van der Waals surface area contributed by atoms with Crippen LogP contribution in [0.25, 0.3) is 0 Å². The maximum atomic E-state index is 13.3. The lowest BCUT2D eigenvalue weighted by Crippen LogP contribution is -2.18. The summed E-state index contributed by atoms with van der Waals surface area (Å²) in [5, 5.41) is 9.45. The smallest absolute Gasteiger partial charge is 0.163 e. The summed E-state index contributed by atoms with van der Waals surface area (Å²) in [7, 11) is 0. The number of nitrogens with zero attached hydrogens (tertiary/aromatic N) is 2. The molecule has 0 fully saturated rings. The van der Waals surface area contributed by atoms with Gasteiger partial charge in [-0.3, -0.25) is 5.10 Å². The van der Waals surface area contributed by atoms with Crippen molar-refractivity contribution in [1.82, 2.24) is 20.5 Å². The molecule has 17 heavy (non-hydrogen) atoms. The molecule has 0 unspecified atom stereocenters. The summed E-state index contributed by atoms with van der Waals surface area (Å²) >= 11 is 0. The van der Waals surface area contributed by atoms with E-state index < -0.39 is 11.6 Å². The van der Waals surface area contributed by atoms with Gasteiger partial charge in [-0.15, -0.1) is 0 Å². The Bertz CT molecular complexity index is 470. The third kappa shape index (κ3) is 3.07. The number of H-pyrrole nitrogens is 1. The van der Waals surface area contributed by atoms with Gasteiger partial charge in [-0.1, -0.05) is 12.1 Å². The molecule has 2 aromatic rings. The Labute approximate surface area is 97.1 Å². The molecule has 0 aliphatic carbocycles. The van der Waals surface area contributed by atoms with Crippen molar-refractivity contribution in [3.63, 3.8) is 0 Å². The topological polar surface area (TPSA) is 53.6 Å². The number of aromatic amines is 1. The summed E-state index contributed by atoms with van der Waals surface area (Å²) in [5.41, 5.74) is 0.322. The quantitative estimate of drug-likeness (QED) is 0.774. The Kier molecular flexibility index (Phi) is 3.77. The van der Waals surface area contributed by atoms with E-state index in [9.17, 15) is 8.78 Å². The maximum absolute atomic E-state index is 13.3. The van der Waals surface area contributed by atoms with Gasteiger partial charge in [-0.25, -0.2) is 13.8 Å². The lowest BCUT2D eigenvalue weighted by Gasteiger charge is -2.05. The normalized spacial score (nSPS) is 10.7. The van der Waals surface area contributed by atoms with Crippen molar-refractivity contribution in [3.05, 3.63) is 47.5 Å². The highest BCUT2D eigenvalue weighted by atomic mass is 19.2. The number of halogens is 2. The first-order valence-corrected chi connectivity index (χ1v) is 5.25. The number of rotatable bonds is 5. The minimum atomic E-state index is -0.820. The van der Waals surface area contributed by atoms with Gasteiger partial charge in [0.25, 0.3) is 0 Å². The molecule has 2 N–H and O–H groups in total. The zero-order valence-electron chi connectivity index (χ0n) is 9.08. The predicted octanol–water partition coefficient (Wildman–Crippen LogP) is 1.42. The molecule has 4 nitrogen and oxygen atoms in total. The predicted molar refractivity (Wildman–Crippen MR) is 58.2 cm³/mol. The van der Waals surface area contributed by atoms with Gasteiger partial charge < -0.3 is 5.32 Å². The largest absolute Gasteiger partial charge is 0.312 e. The van der Waals surface area contributed by atoms with Crippen LogP contribution >= 0.6 is 0 Å². The first kappa shape index (κ1) is 11.7. The molecular formula is C11H12F2N4. The Balaban J connectivity index is 1.80. The van der Waals surface area contributed by atoms with Gasteiger partial charge in [-0.2, -0.15) is 5.10 Å². The van der Waals surface area contributed by atoms with Crippen molar-refractivity contribution in [1.29, 1.82) is 0 Å². The molecule has 0 atom stereocenters. The fourth-order valence-corrected chi connectivity index (χ4v) is 1.47. The Morgan fingerprint density at radius 2 is 2.18 bits per heavy atom. The first-order chi connectivity index (χ1) is 8.27. The summed E-state index contributed by atoms with van der Waals surface area (Å²) in [4.78, 5) is 3.95. The second-order valence-electron chi connectivity index (χ2n) is 3.57. The van der Waals surface area contributed by atoms with Crippen molar-refractivity contribution in [3.8, 4) is 0 Å². The second-order valence-corrected chi connectivity index (χ2v) is 3.57. The van der Waals surface area contributed by atoms with Gasteiger partial charge >= 0.3 is 0 Å². The molecule has 1 aromatic heterocycles. The molecule has 1 heterocycles. The minimum Gasteiger partial charge on any atom is -0.312 e. The van der Waals surface area contributed by atoms with E-state index in [-0.39, 0.29) is 6.54 Å². The van der Waals surface area contributed by atoms with Crippen LogP contribution in [0.3, 0.4) is 0 Å². The van der Waals surface area contributed by atoms with E-state index in [1.807, 2.05) is 0 Å². The van der Waals surface area contributed by atoms with Gasteiger partial charge in [0.1, 0.15) is 12.2 Å². The molecule has 6 heteroatoms. The van der Waals surface area contributed by atoms with Gasteiger partial charge in [0.05, 0.1) is 0 Å². The lowest BCUT2D eigenvalue weighted by atomic mass is 10.2. The van der Waals surface area contributed by atoms with Crippen LogP contribution < -0.4 is 5.32 Å². The summed E-state index contributed by atoms with van der Waals surface area (Å²) in [5.74, 6) is -0.851. The second kappa shape index (κ2) is 5.49. The molecule has 1 aromatic carbocycles. The fraction of sp³-hybridized carbons (Fsp3) is 0.273. The highest BCUT2D eigenvalue weighted by Crippen LogP contribution is 2.10. The van der Waals surface area contributed by atoms with Crippen LogP contribution in [0.1, 0.15) is 11.4 Å². The van der Waals surface area contributed by atoms with E-state index in [0.717, 1.165) is 11.9 Å². The summed E-state index contributed by atoms with van der Waals surface area (Å²) in [6.45, 7) is 0.906. The van der Waals surface area contributed by atoms with Crippen molar-refractivity contribution < 1.29 is 8.78 Å². The average Bonchev–Trinajstić information content (AvgIpc) is 2.83. The number of hydrogen-bond acceptors (Lipinski definition) is 3. The summed E-state index contributed by atoms with van der Waals surface area (Å²) in [6.07, 6.45) is 2.10. The Morgan fingerprint density at radius 3 is 2.94 bits per heavy atom. The van der Waals surface area contributed by atoms with E-state index in [2.05, 4.69) is 20.5 Å². The van der Waals surface area contributed by atoms with Gasteiger partial charge in [0.2, 0.25) is 0 Å². The molecule has 0 radical (unpaired) electrons. The average molecular weight is 238 g/mol. The SMILES string of the molecule is Fc1cccc(CNCCc2ncn[nH]2)c1F. The van der Waals surface area contributed by atoms with Crippen LogP contribution in [-0.4, -0.2) is 21.7 Å². The van der Waals surface area contributed by atoms with E-state index in [4.69, 9.17) is 0 Å². The number of hydrogen-bond donors (Lipinski definition) is 2. The van der Waals surface area contributed by atoms with Crippen LogP contribution in [0.5, 0.6) is 0 Å². The highest BCUT2D eigenvalue weighted by Gasteiger charge is 2.06. The molecule has 0 aliphatic rings. The Hall–Kier alpha value is -1.82. The maximum Gasteiger partial charge on any atom is 0.163 e. The molecule has 0 aliphatic heterocycles. The minimum absolute atomic E-state index is 0.289. The Morgan fingerprint density at radius 1 is 1.29 bits per heavy atom. The number of nitrogens with one attached hydrogen (secondary N) is 2. The molecule has 0 saturated heterocycles.